The van der Waals surface area contributed by atoms with Gasteiger partial charge in [0, 0.05) is 12.8 Å². The molecule has 3 fully saturated rings. The van der Waals surface area contributed by atoms with Gasteiger partial charge in [0.05, 0.1) is 18.8 Å². The Morgan fingerprint density at radius 3 is 2.10 bits per heavy atom. The van der Waals surface area contributed by atoms with Crippen molar-refractivity contribution in [3.05, 3.63) is 0 Å². The summed E-state index contributed by atoms with van der Waals surface area (Å²) in [6, 6.07) is 0. The van der Waals surface area contributed by atoms with E-state index in [0.717, 1.165) is 44.8 Å². The quantitative estimate of drug-likeness (QED) is 0.859. The summed E-state index contributed by atoms with van der Waals surface area (Å²) in [6.07, 6.45) is 11.2. The highest BCUT2D eigenvalue weighted by molar-refractivity contribution is 4.96. The first kappa shape index (κ1) is 14.8. The molecule has 0 amide bonds. The van der Waals surface area contributed by atoms with E-state index >= 15 is 0 Å². The van der Waals surface area contributed by atoms with Crippen LogP contribution in [0, 0.1) is 11.8 Å². The van der Waals surface area contributed by atoms with Gasteiger partial charge in [0.2, 0.25) is 0 Å². The number of rotatable bonds is 3. The molecular weight excluding hydrogens is 252 g/mol. The van der Waals surface area contributed by atoms with Gasteiger partial charge in [-0.1, -0.05) is 32.6 Å². The Morgan fingerprint density at radius 1 is 0.950 bits per heavy atom. The fraction of sp³-hybridized carbons (Fsp3) is 1.00. The molecule has 1 N–H and O–H groups in total. The molecular formula is C17H30O3. The van der Waals surface area contributed by atoms with Crippen molar-refractivity contribution in [2.45, 2.75) is 82.5 Å². The molecule has 116 valence electrons. The molecule has 2 aliphatic carbocycles. The van der Waals surface area contributed by atoms with E-state index in [9.17, 15) is 5.11 Å². The van der Waals surface area contributed by atoms with Gasteiger partial charge in [0.1, 0.15) is 0 Å². The van der Waals surface area contributed by atoms with Crippen molar-refractivity contribution in [2.75, 3.05) is 13.2 Å². The summed E-state index contributed by atoms with van der Waals surface area (Å²) in [5.41, 5.74) is -0.447. The summed E-state index contributed by atoms with van der Waals surface area (Å²) >= 11 is 0. The number of ether oxygens (including phenoxy) is 2. The second kappa shape index (κ2) is 5.94. The minimum atomic E-state index is -0.447. The summed E-state index contributed by atoms with van der Waals surface area (Å²) in [6.45, 7) is 3.73. The molecule has 0 aromatic rings. The van der Waals surface area contributed by atoms with E-state index in [-0.39, 0.29) is 5.79 Å². The van der Waals surface area contributed by atoms with Crippen molar-refractivity contribution in [1.29, 1.82) is 0 Å². The molecule has 3 nitrogen and oxygen atoms in total. The lowest BCUT2D eigenvalue weighted by atomic mass is 9.66. The zero-order valence-electron chi connectivity index (χ0n) is 12.9. The largest absolute Gasteiger partial charge is 0.390 e. The van der Waals surface area contributed by atoms with E-state index in [4.69, 9.17) is 9.47 Å². The van der Waals surface area contributed by atoms with Crippen LogP contribution in [0.3, 0.4) is 0 Å². The molecule has 0 bridgehead atoms. The molecule has 2 saturated carbocycles. The van der Waals surface area contributed by atoms with E-state index in [0.29, 0.717) is 5.92 Å². The van der Waals surface area contributed by atoms with Crippen LogP contribution in [-0.2, 0) is 9.47 Å². The van der Waals surface area contributed by atoms with Gasteiger partial charge in [-0.25, -0.2) is 0 Å². The minimum absolute atomic E-state index is 0.342. The molecule has 0 radical (unpaired) electrons. The molecule has 1 heterocycles. The van der Waals surface area contributed by atoms with Crippen molar-refractivity contribution in [3.63, 3.8) is 0 Å². The Balaban J connectivity index is 1.53. The average Bonchev–Trinajstić information content (AvgIpc) is 2.93. The summed E-state index contributed by atoms with van der Waals surface area (Å²) in [5, 5.41) is 11.0. The highest BCUT2D eigenvalue weighted by Crippen LogP contribution is 2.47. The molecule has 0 atom stereocenters. The average molecular weight is 282 g/mol. The second-order valence-corrected chi connectivity index (χ2v) is 7.22. The zero-order valence-corrected chi connectivity index (χ0v) is 12.9. The van der Waals surface area contributed by atoms with Gasteiger partial charge in [-0.2, -0.15) is 0 Å². The van der Waals surface area contributed by atoms with Gasteiger partial charge in [0.15, 0.2) is 5.79 Å². The number of aliphatic hydroxyl groups is 1. The predicted molar refractivity (Wildman–Crippen MR) is 78.4 cm³/mol. The van der Waals surface area contributed by atoms with Crippen LogP contribution in [0.5, 0.6) is 0 Å². The third-order valence-electron chi connectivity index (χ3n) is 5.99. The summed E-state index contributed by atoms with van der Waals surface area (Å²) in [5.74, 6) is 1.08. The maximum atomic E-state index is 11.0. The fourth-order valence-electron chi connectivity index (χ4n) is 4.65. The molecule has 0 aromatic carbocycles. The minimum Gasteiger partial charge on any atom is -0.390 e. The van der Waals surface area contributed by atoms with Crippen LogP contribution in [0.2, 0.25) is 0 Å². The number of hydrogen-bond donors (Lipinski definition) is 1. The first-order chi connectivity index (χ1) is 9.66. The Labute approximate surface area is 123 Å². The lowest BCUT2D eigenvalue weighted by Crippen LogP contribution is -2.48. The molecule has 1 saturated heterocycles. The smallest absolute Gasteiger partial charge is 0.168 e. The van der Waals surface area contributed by atoms with Crippen molar-refractivity contribution in [2.24, 2.45) is 11.8 Å². The van der Waals surface area contributed by atoms with Gasteiger partial charge >= 0.3 is 0 Å². The van der Waals surface area contributed by atoms with Crippen LogP contribution < -0.4 is 0 Å². The van der Waals surface area contributed by atoms with E-state index in [1.807, 2.05) is 0 Å². The van der Waals surface area contributed by atoms with Gasteiger partial charge in [-0.15, -0.1) is 0 Å². The normalized spacial score (nSPS) is 36.3. The highest BCUT2D eigenvalue weighted by Gasteiger charge is 2.48. The van der Waals surface area contributed by atoms with Crippen LogP contribution >= 0.6 is 0 Å². The van der Waals surface area contributed by atoms with Gasteiger partial charge in [-0.05, 0) is 37.5 Å². The lowest BCUT2D eigenvalue weighted by molar-refractivity contribution is -0.212. The highest BCUT2D eigenvalue weighted by atomic mass is 16.7. The van der Waals surface area contributed by atoms with Crippen LogP contribution in [0.15, 0.2) is 0 Å². The molecule has 1 aliphatic heterocycles. The Kier molecular flexibility index (Phi) is 4.40. The van der Waals surface area contributed by atoms with Crippen molar-refractivity contribution in [1.82, 2.24) is 0 Å². The Morgan fingerprint density at radius 2 is 1.55 bits per heavy atom. The molecule has 20 heavy (non-hydrogen) atoms. The summed E-state index contributed by atoms with van der Waals surface area (Å²) in [7, 11) is 0. The van der Waals surface area contributed by atoms with Crippen LogP contribution in [-0.4, -0.2) is 29.7 Å². The second-order valence-electron chi connectivity index (χ2n) is 7.22. The molecule has 0 aromatic heterocycles. The van der Waals surface area contributed by atoms with Crippen molar-refractivity contribution in [3.8, 4) is 0 Å². The SMILES string of the molecule is CCCC1CCC(C2(O)CCC3(CC2)OCCO3)CC1. The van der Waals surface area contributed by atoms with Crippen molar-refractivity contribution < 1.29 is 14.6 Å². The summed E-state index contributed by atoms with van der Waals surface area (Å²) < 4.78 is 11.6. The summed E-state index contributed by atoms with van der Waals surface area (Å²) in [4.78, 5) is 0. The van der Waals surface area contributed by atoms with Crippen LogP contribution in [0.1, 0.15) is 71.1 Å². The van der Waals surface area contributed by atoms with Crippen LogP contribution in [0.25, 0.3) is 0 Å². The van der Waals surface area contributed by atoms with Gasteiger partial charge in [-0.3, -0.25) is 0 Å². The molecule has 3 rings (SSSR count). The predicted octanol–water partition coefficient (Wildman–Crippen LogP) is 3.64. The zero-order chi connectivity index (χ0) is 14.1. The van der Waals surface area contributed by atoms with Gasteiger partial charge < -0.3 is 14.6 Å². The monoisotopic (exact) mass is 282 g/mol. The molecule has 3 aliphatic rings. The lowest BCUT2D eigenvalue weighted by Gasteiger charge is -2.46. The molecule has 0 unspecified atom stereocenters. The fourth-order valence-corrected chi connectivity index (χ4v) is 4.65. The third-order valence-corrected chi connectivity index (χ3v) is 5.99. The Hall–Kier alpha value is -0.120. The molecule has 1 spiro atoms. The first-order valence-electron chi connectivity index (χ1n) is 8.66. The van der Waals surface area contributed by atoms with E-state index in [1.54, 1.807) is 0 Å². The number of hydrogen-bond acceptors (Lipinski definition) is 3. The van der Waals surface area contributed by atoms with E-state index in [2.05, 4.69) is 6.92 Å². The Bertz CT molecular complexity index is 304. The maximum Gasteiger partial charge on any atom is 0.168 e. The molecule has 3 heteroatoms. The third kappa shape index (κ3) is 2.90. The van der Waals surface area contributed by atoms with Crippen molar-refractivity contribution >= 4 is 0 Å². The van der Waals surface area contributed by atoms with Crippen LogP contribution in [0.4, 0.5) is 0 Å². The topological polar surface area (TPSA) is 38.7 Å². The standard InChI is InChI=1S/C17H30O3/c1-2-3-14-4-6-15(7-5-14)16(18)8-10-17(11-9-16)19-12-13-20-17/h14-15,18H,2-13H2,1H3. The maximum absolute atomic E-state index is 11.0. The van der Waals surface area contributed by atoms with E-state index in [1.165, 1.54) is 38.5 Å². The van der Waals surface area contributed by atoms with Gasteiger partial charge in [0.25, 0.3) is 0 Å². The van der Waals surface area contributed by atoms with E-state index < -0.39 is 5.60 Å². The first-order valence-corrected chi connectivity index (χ1v) is 8.66.